The molecule has 1 saturated heterocycles. The molecule has 2 bridgehead atoms. The summed E-state index contributed by atoms with van der Waals surface area (Å²) in [5.41, 5.74) is 0.478. The van der Waals surface area contributed by atoms with Crippen molar-refractivity contribution in [3.63, 3.8) is 0 Å². The number of hydrogen-bond acceptors (Lipinski definition) is 2. The molecule has 4 fully saturated rings. The Morgan fingerprint density at radius 1 is 1.05 bits per heavy atom. The van der Waals surface area contributed by atoms with Crippen molar-refractivity contribution in [2.45, 2.75) is 89.3 Å². The zero-order valence-corrected chi connectivity index (χ0v) is 14.1. The van der Waals surface area contributed by atoms with E-state index in [-0.39, 0.29) is 0 Å². The molecular weight excluding hydrogens is 256 g/mol. The average molecular weight is 290 g/mol. The van der Waals surface area contributed by atoms with Crippen LogP contribution in [0.15, 0.2) is 0 Å². The summed E-state index contributed by atoms with van der Waals surface area (Å²) in [6, 6.07) is 1.71. The average Bonchev–Trinajstić information content (AvgIpc) is 3.10. The van der Waals surface area contributed by atoms with E-state index in [9.17, 15) is 0 Å². The summed E-state index contributed by atoms with van der Waals surface area (Å²) in [5.74, 6) is 2.90. The van der Waals surface area contributed by atoms with E-state index in [0.29, 0.717) is 5.54 Å². The molecule has 0 aromatic rings. The second-order valence-electron chi connectivity index (χ2n) is 8.95. The number of nitrogens with one attached hydrogen (secondary N) is 1. The second-order valence-corrected chi connectivity index (χ2v) is 8.95. The minimum atomic E-state index is 0.478. The molecule has 0 radical (unpaired) electrons. The van der Waals surface area contributed by atoms with Crippen LogP contribution in [0.4, 0.5) is 0 Å². The molecule has 1 spiro atoms. The largest absolute Gasteiger partial charge is 0.308 e. The van der Waals surface area contributed by atoms with Crippen molar-refractivity contribution in [3.05, 3.63) is 0 Å². The van der Waals surface area contributed by atoms with Crippen molar-refractivity contribution in [2.75, 3.05) is 13.1 Å². The van der Waals surface area contributed by atoms with Gasteiger partial charge in [0.05, 0.1) is 0 Å². The topological polar surface area (TPSA) is 15.3 Å². The quantitative estimate of drug-likeness (QED) is 0.832. The third kappa shape index (κ3) is 2.57. The summed E-state index contributed by atoms with van der Waals surface area (Å²) < 4.78 is 0. The third-order valence-corrected chi connectivity index (χ3v) is 7.30. The third-order valence-electron chi connectivity index (χ3n) is 7.30. The summed E-state index contributed by atoms with van der Waals surface area (Å²) in [4.78, 5) is 3.01. The first-order valence-corrected chi connectivity index (χ1v) is 9.68. The minimum Gasteiger partial charge on any atom is -0.308 e. The number of hydrogen-bond donors (Lipinski definition) is 1. The van der Waals surface area contributed by atoms with Gasteiger partial charge < -0.3 is 5.32 Å². The molecule has 1 heterocycles. The van der Waals surface area contributed by atoms with Crippen molar-refractivity contribution >= 4 is 0 Å². The Hall–Kier alpha value is -0.0800. The molecule has 2 heteroatoms. The summed E-state index contributed by atoms with van der Waals surface area (Å²) in [5, 5.41) is 4.02. The second kappa shape index (κ2) is 5.53. The van der Waals surface area contributed by atoms with Gasteiger partial charge in [0.15, 0.2) is 0 Å². The van der Waals surface area contributed by atoms with E-state index in [1.807, 2.05) is 0 Å². The first-order chi connectivity index (χ1) is 10.2. The van der Waals surface area contributed by atoms with Crippen LogP contribution >= 0.6 is 0 Å². The standard InChI is InChI=1S/C19H34N2/c1-14(2)18-12-20-19(8-4-3-5-9-19)13-21(18)17-11-15-6-7-16(17)10-15/h14-18,20H,3-13H2,1-2H3. The predicted octanol–water partition coefficient (Wildman–Crippen LogP) is 3.81. The summed E-state index contributed by atoms with van der Waals surface area (Å²) >= 11 is 0. The molecule has 1 N–H and O–H groups in total. The lowest BCUT2D eigenvalue weighted by atomic mass is 9.77. The highest BCUT2D eigenvalue weighted by Gasteiger charge is 2.49. The van der Waals surface area contributed by atoms with Crippen LogP contribution in [0.2, 0.25) is 0 Å². The Morgan fingerprint density at radius 3 is 2.48 bits per heavy atom. The van der Waals surface area contributed by atoms with E-state index in [1.54, 1.807) is 6.42 Å². The van der Waals surface area contributed by atoms with Crippen LogP contribution in [0.3, 0.4) is 0 Å². The lowest BCUT2D eigenvalue weighted by Gasteiger charge is -2.54. The number of fused-ring (bicyclic) bond motifs is 2. The Bertz CT molecular complexity index is 372. The van der Waals surface area contributed by atoms with Gasteiger partial charge in [-0.1, -0.05) is 39.5 Å². The zero-order valence-electron chi connectivity index (χ0n) is 14.1. The van der Waals surface area contributed by atoms with Gasteiger partial charge in [-0.05, 0) is 49.9 Å². The van der Waals surface area contributed by atoms with E-state index >= 15 is 0 Å². The monoisotopic (exact) mass is 290 g/mol. The molecule has 21 heavy (non-hydrogen) atoms. The first kappa shape index (κ1) is 14.5. The van der Waals surface area contributed by atoms with Crippen molar-refractivity contribution < 1.29 is 0 Å². The van der Waals surface area contributed by atoms with Crippen molar-refractivity contribution in [3.8, 4) is 0 Å². The number of piperazine rings is 1. The van der Waals surface area contributed by atoms with Gasteiger partial charge in [0.1, 0.15) is 0 Å². The molecule has 4 aliphatic rings. The van der Waals surface area contributed by atoms with Crippen LogP contribution < -0.4 is 5.32 Å². The van der Waals surface area contributed by atoms with Gasteiger partial charge in [-0.15, -0.1) is 0 Å². The van der Waals surface area contributed by atoms with Crippen LogP contribution in [0, 0.1) is 17.8 Å². The normalized spacial score (nSPS) is 43.0. The van der Waals surface area contributed by atoms with Crippen LogP contribution in [-0.4, -0.2) is 35.6 Å². The lowest BCUT2D eigenvalue weighted by molar-refractivity contribution is -0.0102. The van der Waals surface area contributed by atoms with Crippen LogP contribution in [0.5, 0.6) is 0 Å². The van der Waals surface area contributed by atoms with Gasteiger partial charge >= 0.3 is 0 Å². The highest BCUT2D eigenvalue weighted by molar-refractivity contribution is 5.05. The Balaban J connectivity index is 1.54. The van der Waals surface area contributed by atoms with Crippen molar-refractivity contribution in [2.24, 2.45) is 17.8 Å². The van der Waals surface area contributed by atoms with Crippen molar-refractivity contribution in [1.29, 1.82) is 0 Å². The molecular formula is C19H34N2. The van der Waals surface area contributed by atoms with Gasteiger partial charge in [0.2, 0.25) is 0 Å². The molecule has 120 valence electrons. The molecule has 3 saturated carbocycles. The molecule has 3 aliphatic carbocycles. The molecule has 4 rings (SSSR count). The fourth-order valence-corrected chi connectivity index (χ4v) is 6.12. The summed E-state index contributed by atoms with van der Waals surface area (Å²) in [7, 11) is 0. The van der Waals surface area contributed by atoms with Crippen LogP contribution in [-0.2, 0) is 0 Å². The molecule has 2 nitrogen and oxygen atoms in total. The predicted molar refractivity (Wildman–Crippen MR) is 88.4 cm³/mol. The first-order valence-electron chi connectivity index (χ1n) is 9.68. The molecule has 0 amide bonds. The van der Waals surface area contributed by atoms with Gasteiger partial charge in [-0.25, -0.2) is 0 Å². The molecule has 4 atom stereocenters. The smallest absolute Gasteiger partial charge is 0.0309 e. The maximum atomic E-state index is 4.02. The SMILES string of the molecule is CC(C)C1CNC2(CCCCC2)CN1C1CC2CCC1C2. The number of rotatable bonds is 2. The fourth-order valence-electron chi connectivity index (χ4n) is 6.12. The van der Waals surface area contributed by atoms with E-state index in [4.69, 9.17) is 0 Å². The van der Waals surface area contributed by atoms with Crippen molar-refractivity contribution in [1.82, 2.24) is 10.2 Å². The minimum absolute atomic E-state index is 0.478. The van der Waals surface area contributed by atoms with E-state index < -0.39 is 0 Å². The molecule has 0 aromatic carbocycles. The summed E-state index contributed by atoms with van der Waals surface area (Å²) in [6.07, 6.45) is 13.3. The number of nitrogens with zero attached hydrogens (tertiary/aromatic N) is 1. The Kier molecular flexibility index (Phi) is 3.82. The zero-order chi connectivity index (χ0) is 14.4. The molecule has 1 aliphatic heterocycles. The maximum absolute atomic E-state index is 4.02. The molecule has 0 aromatic heterocycles. The van der Waals surface area contributed by atoms with Crippen LogP contribution in [0.1, 0.15) is 71.6 Å². The van der Waals surface area contributed by atoms with Crippen LogP contribution in [0.25, 0.3) is 0 Å². The van der Waals surface area contributed by atoms with E-state index in [0.717, 1.165) is 29.8 Å². The van der Waals surface area contributed by atoms with Gasteiger partial charge in [0.25, 0.3) is 0 Å². The molecule has 4 unspecified atom stereocenters. The van der Waals surface area contributed by atoms with E-state index in [2.05, 4.69) is 24.1 Å². The van der Waals surface area contributed by atoms with E-state index in [1.165, 1.54) is 64.5 Å². The fraction of sp³-hybridized carbons (Fsp3) is 1.00. The Morgan fingerprint density at radius 2 is 1.86 bits per heavy atom. The summed E-state index contributed by atoms with van der Waals surface area (Å²) in [6.45, 7) is 7.46. The Labute approximate surface area is 131 Å². The lowest BCUT2D eigenvalue weighted by Crippen LogP contribution is -2.68. The van der Waals surface area contributed by atoms with Gasteiger partial charge in [0, 0.05) is 30.7 Å². The highest BCUT2D eigenvalue weighted by Crippen LogP contribution is 2.48. The van der Waals surface area contributed by atoms with Gasteiger partial charge in [-0.3, -0.25) is 4.90 Å². The maximum Gasteiger partial charge on any atom is 0.0309 e. The highest BCUT2D eigenvalue weighted by atomic mass is 15.3. The van der Waals surface area contributed by atoms with Gasteiger partial charge in [-0.2, -0.15) is 0 Å².